The maximum atomic E-state index is 14.6. The number of hydrogen-bond donors (Lipinski definition) is 0. The molecule has 4 nitrogen and oxygen atoms in total. The van der Waals surface area contributed by atoms with Crippen molar-refractivity contribution in [2.75, 3.05) is 14.2 Å². The van der Waals surface area contributed by atoms with Gasteiger partial charge in [-0.3, -0.25) is 0 Å². The van der Waals surface area contributed by atoms with E-state index in [0.717, 1.165) is 0 Å². The molecule has 0 aliphatic rings. The third kappa shape index (κ3) is 3.97. The normalized spacial score (nSPS) is 20.9. The summed E-state index contributed by atoms with van der Waals surface area (Å²) >= 11 is 0. The first-order valence-electron chi connectivity index (χ1n) is 8.16. The van der Waals surface area contributed by atoms with Gasteiger partial charge >= 0.3 is 71.2 Å². The molecule has 0 aromatic rings. The number of carbonyl (C=O) groups excluding carboxylic acids is 2. The number of ether oxygens (including phenoxy) is 2. The van der Waals surface area contributed by atoms with E-state index in [4.69, 9.17) is 0 Å². The van der Waals surface area contributed by atoms with Crippen molar-refractivity contribution >= 4 is 11.9 Å². The molecule has 0 spiro atoms. The fourth-order valence-corrected chi connectivity index (χ4v) is 2.80. The fourth-order valence-electron chi connectivity index (χ4n) is 2.80. The van der Waals surface area contributed by atoms with Crippen molar-refractivity contribution in [3.8, 4) is 0 Å². The van der Waals surface area contributed by atoms with E-state index in [1.165, 1.54) is 0 Å². The number of carbonyl (C=O) groups is 2. The van der Waals surface area contributed by atoms with Crippen LogP contribution in [0.25, 0.3) is 0 Å². The molecule has 0 aliphatic heterocycles. The summed E-state index contributed by atoms with van der Waals surface area (Å²) in [6, 6.07) is 0. The highest BCUT2D eigenvalue weighted by Crippen LogP contribution is 2.69. The van der Waals surface area contributed by atoms with Crippen molar-refractivity contribution in [2.45, 2.75) is 59.2 Å². The van der Waals surface area contributed by atoms with E-state index in [0.29, 0.717) is 0 Å². The number of esters is 2. The lowest BCUT2D eigenvalue weighted by Gasteiger charge is -2.50. The highest BCUT2D eigenvalue weighted by Gasteiger charge is 3.03. The largest absolute Gasteiger partial charge is 0.466 e. The molecular formula is C14H6F20O4. The van der Waals surface area contributed by atoms with Crippen molar-refractivity contribution < 1.29 is 107 Å². The van der Waals surface area contributed by atoms with Gasteiger partial charge in [0.2, 0.25) is 0 Å². The Hall–Kier alpha value is -2.46. The van der Waals surface area contributed by atoms with Crippen LogP contribution in [0.3, 0.4) is 0 Å². The molecule has 0 rings (SSSR count). The van der Waals surface area contributed by atoms with Crippen LogP contribution in [0.15, 0.2) is 0 Å². The van der Waals surface area contributed by atoms with Gasteiger partial charge in [0.05, 0.1) is 14.2 Å². The maximum absolute atomic E-state index is 14.6. The van der Waals surface area contributed by atoms with Gasteiger partial charge in [-0.15, -0.1) is 0 Å². The third-order valence-electron chi connectivity index (χ3n) is 4.70. The molecule has 226 valence electrons. The molecule has 4 unspecified atom stereocenters. The predicted molar refractivity (Wildman–Crippen MR) is 73.5 cm³/mol. The second kappa shape index (κ2) is 9.05. The smallest absolute Gasteiger partial charge is 0.437 e. The summed E-state index contributed by atoms with van der Waals surface area (Å²) in [5.41, 5.74) is -35.1. The van der Waals surface area contributed by atoms with Crippen LogP contribution in [0.1, 0.15) is 0 Å². The van der Waals surface area contributed by atoms with Gasteiger partial charge in [-0.2, -0.15) is 70.2 Å². The molecule has 24 heteroatoms. The number of halogens is 20. The maximum Gasteiger partial charge on any atom is 0.437 e. The SMILES string of the molecule is COC(=O)C(F)(C(F)(F)F)C(F)(C(F)(F)F)C(F)(F)C(F)(F)C(F)(C(F)(F)F)C(F)(C(=O)OC)C(F)(F)F. The minimum Gasteiger partial charge on any atom is -0.466 e. The highest BCUT2D eigenvalue weighted by molar-refractivity contribution is 5.84. The van der Waals surface area contributed by atoms with Crippen LogP contribution in [0, 0.1) is 0 Å². The van der Waals surface area contributed by atoms with E-state index in [2.05, 4.69) is 9.47 Å². The van der Waals surface area contributed by atoms with Crippen LogP contribution in [0.2, 0.25) is 0 Å². The molecule has 0 bridgehead atoms. The van der Waals surface area contributed by atoms with E-state index in [-0.39, 0.29) is 0 Å². The van der Waals surface area contributed by atoms with Crippen LogP contribution in [-0.2, 0) is 19.1 Å². The lowest BCUT2D eigenvalue weighted by molar-refractivity contribution is -0.457. The van der Waals surface area contributed by atoms with Crippen molar-refractivity contribution in [3.05, 3.63) is 0 Å². The summed E-state index contributed by atoms with van der Waals surface area (Å²) in [4.78, 5) is 22.1. The number of hydrogen-bond acceptors (Lipinski definition) is 4. The molecule has 0 aromatic carbocycles. The molecule has 0 radical (unpaired) electrons. The quantitative estimate of drug-likeness (QED) is 0.272. The van der Waals surface area contributed by atoms with Crippen molar-refractivity contribution in [1.82, 2.24) is 0 Å². The Balaban J connectivity index is 8.44. The zero-order valence-electron chi connectivity index (χ0n) is 17.2. The monoisotopic (exact) mass is 618 g/mol. The molecule has 0 fully saturated rings. The summed E-state index contributed by atoms with van der Waals surface area (Å²) < 4.78 is 278. The first-order valence-corrected chi connectivity index (χ1v) is 8.16. The van der Waals surface area contributed by atoms with E-state index in [1.807, 2.05) is 0 Å². The van der Waals surface area contributed by atoms with Crippen molar-refractivity contribution in [1.29, 1.82) is 0 Å². The molecule has 0 aromatic heterocycles. The summed E-state index contributed by atoms with van der Waals surface area (Å²) in [7, 11) is -1.34. The second-order valence-corrected chi connectivity index (χ2v) is 6.76. The van der Waals surface area contributed by atoms with Gasteiger partial charge in [0.25, 0.3) is 0 Å². The first-order chi connectivity index (χ1) is 16.2. The molecule has 0 N–H and O–H groups in total. The molecule has 0 heterocycles. The number of rotatable bonds is 7. The van der Waals surface area contributed by atoms with E-state index in [9.17, 15) is 97.4 Å². The summed E-state index contributed by atoms with van der Waals surface area (Å²) in [5.74, 6) is -28.4. The van der Waals surface area contributed by atoms with Gasteiger partial charge in [-0.05, 0) is 0 Å². The Labute approximate surface area is 193 Å². The number of methoxy groups -OCH3 is 2. The van der Waals surface area contributed by atoms with Crippen LogP contribution in [0.4, 0.5) is 87.8 Å². The van der Waals surface area contributed by atoms with E-state index in [1.54, 1.807) is 0 Å². The second-order valence-electron chi connectivity index (χ2n) is 6.76. The lowest BCUT2D eigenvalue weighted by Crippen LogP contribution is -2.85. The fraction of sp³-hybridized carbons (Fsp3) is 0.857. The van der Waals surface area contributed by atoms with Gasteiger partial charge < -0.3 is 9.47 Å². The summed E-state index contributed by atoms with van der Waals surface area (Å²) in [6.07, 6.45) is -33.9. The lowest BCUT2D eigenvalue weighted by atomic mass is 9.69. The van der Waals surface area contributed by atoms with Gasteiger partial charge in [-0.25, -0.2) is 27.2 Å². The molecular weight excluding hydrogens is 612 g/mol. The summed E-state index contributed by atoms with van der Waals surface area (Å²) in [5, 5.41) is 0. The minimum absolute atomic E-state index is 0.669. The van der Waals surface area contributed by atoms with Gasteiger partial charge in [0, 0.05) is 0 Å². The Kier molecular flexibility index (Phi) is 8.46. The van der Waals surface area contributed by atoms with E-state index < -0.39 is 85.4 Å². The van der Waals surface area contributed by atoms with Crippen molar-refractivity contribution in [3.63, 3.8) is 0 Å². The van der Waals surface area contributed by atoms with Gasteiger partial charge in [0.15, 0.2) is 0 Å². The standard InChI is InChI=1S/C14H6F20O4/c1-37-3(35)5(15,11(23,24)25)7(17,13(29,30)31)9(19,20)10(21,22)8(18,14(32,33)34)6(16,4(36)38-2)12(26,27)28/h1-2H3. The average molecular weight is 618 g/mol. The number of alkyl halides is 20. The van der Waals surface area contributed by atoms with Crippen LogP contribution in [0.5, 0.6) is 0 Å². The van der Waals surface area contributed by atoms with Crippen LogP contribution >= 0.6 is 0 Å². The minimum atomic E-state index is -9.56. The average Bonchev–Trinajstić information content (AvgIpc) is 2.71. The third-order valence-corrected chi connectivity index (χ3v) is 4.70. The Morgan fingerprint density at radius 2 is 0.579 bits per heavy atom. The van der Waals surface area contributed by atoms with Crippen molar-refractivity contribution in [2.24, 2.45) is 0 Å². The molecule has 4 atom stereocenters. The zero-order chi connectivity index (χ0) is 31.6. The Bertz CT molecular complexity index is 843. The molecule has 0 amide bonds. The molecule has 0 aliphatic carbocycles. The predicted octanol–water partition coefficient (Wildman–Crippen LogP) is 5.69. The highest BCUT2D eigenvalue weighted by atomic mass is 19.4. The van der Waals surface area contributed by atoms with Crippen LogP contribution < -0.4 is 0 Å². The van der Waals surface area contributed by atoms with Crippen LogP contribution in [-0.4, -0.2) is 85.4 Å². The summed E-state index contributed by atoms with van der Waals surface area (Å²) in [6.45, 7) is 0. The molecule has 38 heavy (non-hydrogen) atoms. The zero-order valence-corrected chi connectivity index (χ0v) is 17.2. The molecule has 0 saturated carbocycles. The van der Waals surface area contributed by atoms with Gasteiger partial charge in [0.1, 0.15) is 0 Å². The van der Waals surface area contributed by atoms with Gasteiger partial charge in [-0.1, -0.05) is 0 Å². The Morgan fingerprint density at radius 3 is 0.684 bits per heavy atom. The first kappa shape index (κ1) is 35.5. The Morgan fingerprint density at radius 1 is 0.395 bits per heavy atom. The molecule has 0 saturated heterocycles. The topological polar surface area (TPSA) is 52.6 Å². The van der Waals surface area contributed by atoms with E-state index >= 15 is 0 Å².